The highest BCUT2D eigenvalue weighted by Crippen LogP contribution is 2.36. The number of rotatable bonds is 1. The molecule has 1 atom stereocenters. The van der Waals surface area contributed by atoms with Gasteiger partial charge in [0.1, 0.15) is 6.10 Å². The van der Waals surface area contributed by atoms with Crippen LogP contribution in [0.3, 0.4) is 0 Å². The maximum Gasteiger partial charge on any atom is 0.194 e. The lowest BCUT2D eigenvalue weighted by atomic mass is 9.94. The molecule has 16 heavy (non-hydrogen) atoms. The van der Waals surface area contributed by atoms with Gasteiger partial charge in [-0.2, -0.15) is 0 Å². The van der Waals surface area contributed by atoms with Crippen molar-refractivity contribution in [3.05, 3.63) is 42.5 Å². The lowest BCUT2D eigenvalue weighted by molar-refractivity contribution is 0.204. The van der Waals surface area contributed by atoms with Gasteiger partial charge in [-0.05, 0) is 12.1 Å². The Labute approximate surface area is 96.7 Å². The molecule has 1 aromatic carbocycles. The molecule has 0 spiro atoms. The van der Waals surface area contributed by atoms with E-state index in [2.05, 4.69) is 32.3 Å². The number of aliphatic imine (C=N–C) groups is 1. The van der Waals surface area contributed by atoms with E-state index < -0.39 is 0 Å². The Morgan fingerprint density at radius 2 is 2.00 bits per heavy atom. The summed E-state index contributed by atoms with van der Waals surface area (Å²) in [5.74, 6) is 0.774. The number of hydrogen-bond donors (Lipinski definition) is 0. The Bertz CT molecular complexity index is 440. The molecule has 0 bridgehead atoms. The molecular weight excluding hydrogens is 198 g/mol. The molecule has 2 heteroatoms. The highest BCUT2D eigenvalue weighted by Gasteiger charge is 2.28. The summed E-state index contributed by atoms with van der Waals surface area (Å²) in [5, 5.41) is 0. The number of fused-ring (bicyclic) bond motifs is 1. The minimum absolute atomic E-state index is 0.0746. The summed E-state index contributed by atoms with van der Waals surface area (Å²) >= 11 is 0. The van der Waals surface area contributed by atoms with Gasteiger partial charge in [-0.15, -0.1) is 0 Å². The third-order valence-electron chi connectivity index (χ3n) is 2.56. The molecule has 0 saturated heterocycles. The van der Waals surface area contributed by atoms with Crippen molar-refractivity contribution < 1.29 is 4.74 Å². The second-order valence-corrected chi connectivity index (χ2v) is 5.00. The van der Waals surface area contributed by atoms with Gasteiger partial charge in [-0.25, -0.2) is 4.99 Å². The van der Waals surface area contributed by atoms with E-state index in [1.54, 1.807) is 0 Å². The van der Waals surface area contributed by atoms with Crippen LogP contribution in [0.4, 0.5) is 5.69 Å². The topological polar surface area (TPSA) is 21.6 Å². The van der Waals surface area contributed by atoms with Gasteiger partial charge in [0.05, 0.1) is 5.69 Å². The van der Waals surface area contributed by atoms with Crippen LogP contribution in [0.15, 0.2) is 41.9 Å². The molecule has 1 aliphatic rings. The molecule has 2 rings (SSSR count). The van der Waals surface area contributed by atoms with E-state index in [1.807, 2.05) is 30.3 Å². The number of hydrogen-bond acceptors (Lipinski definition) is 2. The van der Waals surface area contributed by atoms with Crippen LogP contribution in [-0.4, -0.2) is 5.90 Å². The third kappa shape index (κ3) is 1.87. The first-order chi connectivity index (χ1) is 7.52. The van der Waals surface area contributed by atoms with E-state index in [0.717, 1.165) is 17.1 Å². The summed E-state index contributed by atoms with van der Waals surface area (Å²) in [6.45, 7) is 10.1. The monoisotopic (exact) mass is 215 g/mol. The van der Waals surface area contributed by atoms with Crippen LogP contribution in [0.25, 0.3) is 0 Å². The maximum atomic E-state index is 5.86. The summed E-state index contributed by atoms with van der Waals surface area (Å²) < 4.78 is 5.86. The van der Waals surface area contributed by atoms with Gasteiger partial charge >= 0.3 is 0 Å². The number of benzene rings is 1. The summed E-state index contributed by atoms with van der Waals surface area (Å²) in [7, 11) is 0. The number of ether oxygens (including phenoxy) is 1. The molecule has 84 valence electrons. The van der Waals surface area contributed by atoms with Crippen LogP contribution in [0.2, 0.25) is 0 Å². The third-order valence-corrected chi connectivity index (χ3v) is 2.56. The Morgan fingerprint density at radius 1 is 1.31 bits per heavy atom. The van der Waals surface area contributed by atoms with E-state index in [-0.39, 0.29) is 11.5 Å². The van der Waals surface area contributed by atoms with E-state index >= 15 is 0 Å². The maximum absolute atomic E-state index is 5.86. The zero-order valence-corrected chi connectivity index (χ0v) is 10.0. The largest absolute Gasteiger partial charge is 0.468 e. The molecule has 1 aliphatic heterocycles. The summed E-state index contributed by atoms with van der Waals surface area (Å²) in [5.41, 5.74) is 2.00. The first-order valence-electron chi connectivity index (χ1n) is 5.49. The normalized spacial score (nSPS) is 19.4. The van der Waals surface area contributed by atoms with E-state index in [9.17, 15) is 0 Å². The molecule has 1 heterocycles. The van der Waals surface area contributed by atoms with Crippen molar-refractivity contribution in [3.63, 3.8) is 0 Å². The summed E-state index contributed by atoms with van der Waals surface area (Å²) in [6, 6.07) is 8.04. The van der Waals surface area contributed by atoms with Crippen LogP contribution in [0.5, 0.6) is 0 Å². The highest BCUT2D eigenvalue weighted by molar-refractivity contribution is 5.86. The SMILES string of the molecule is C=C[C@H]1OC(C(C)(C)C)=Nc2ccccc21. The Hall–Kier alpha value is -1.57. The Kier molecular flexibility index (Phi) is 2.58. The van der Waals surface area contributed by atoms with Crippen LogP contribution >= 0.6 is 0 Å². The number of para-hydroxylation sites is 1. The zero-order valence-electron chi connectivity index (χ0n) is 10.0. The quantitative estimate of drug-likeness (QED) is 0.648. The van der Waals surface area contributed by atoms with E-state index in [0.29, 0.717) is 0 Å². The first-order valence-corrected chi connectivity index (χ1v) is 5.49. The Morgan fingerprint density at radius 3 is 2.62 bits per heavy atom. The van der Waals surface area contributed by atoms with Crippen molar-refractivity contribution in [1.82, 2.24) is 0 Å². The van der Waals surface area contributed by atoms with Crippen molar-refractivity contribution in [1.29, 1.82) is 0 Å². The second-order valence-electron chi connectivity index (χ2n) is 5.00. The van der Waals surface area contributed by atoms with Crippen molar-refractivity contribution in [3.8, 4) is 0 Å². The van der Waals surface area contributed by atoms with Gasteiger partial charge in [0.25, 0.3) is 0 Å². The van der Waals surface area contributed by atoms with Crippen LogP contribution in [-0.2, 0) is 4.74 Å². The smallest absolute Gasteiger partial charge is 0.194 e. The molecule has 2 nitrogen and oxygen atoms in total. The summed E-state index contributed by atoms with van der Waals surface area (Å²) in [4.78, 5) is 4.56. The predicted octanol–water partition coefficient (Wildman–Crippen LogP) is 4.02. The van der Waals surface area contributed by atoms with Crippen molar-refractivity contribution in [2.24, 2.45) is 10.4 Å². The van der Waals surface area contributed by atoms with Gasteiger partial charge in [0.2, 0.25) is 0 Å². The molecule has 0 amide bonds. The zero-order chi connectivity index (χ0) is 11.8. The van der Waals surface area contributed by atoms with Gasteiger partial charge in [-0.3, -0.25) is 0 Å². The standard InChI is InChI=1S/C14H17NO/c1-5-12-10-8-6-7-9-11(10)15-13(16-12)14(2,3)4/h5-9,12H,1H2,2-4H3/t12-/m1/s1. The molecule has 1 aromatic rings. The molecule has 0 radical (unpaired) electrons. The number of nitrogens with zero attached hydrogens (tertiary/aromatic N) is 1. The molecule has 0 unspecified atom stereocenters. The van der Waals surface area contributed by atoms with E-state index in [1.165, 1.54) is 0 Å². The van der Waals surface area contributed by atoms with Gasteiger partial charge in [0, 0.05) is 11.0 Å². The molecule has 0 N–H and O–H groups in total. The fourth-order valence-corrected chi connectivity index (χ4v) is 1.67. The fraction of sp³-hybridized carbons (Fsp3) is 0.357. The molecule has 0 saturated carbocycles. The van der Waals surface area contributed by atoms with Gasteiger partial charge in [0.15, 0.2) is 5.90 Å². The van der Waals surface area contributed by atoms with Crippen LogP contribution in [0.1, 0.15) is 32.4 Å². The first kappa shape index (κ1) is 10.9. The summed E-state index contributed by atoms with van der Waals surface area (Å²) in [6.07, 6.45) is 1.74. The highest BCUT2D eigenvalue weighted by atomic mass is 16.5. The van der Waals surface area contributed by atoms with Crippen molar-refractivity contribution in [2.75, 3.05) is 0 Å². The molecular formula is C14H17NO. The molecule has 0 fully saturated rings. The Balaban J connectivity index is 2.51. The molecule has 0 aliphatic carbocycles. The average Bonchev–Trinajstić information content (AvgIpc) is 2.26. The van der Waals surface area contributed by atoms with Crippen LogP contribution in [0, 0.1) is 5.41 Å². The van der Waals surface area contributed by atoms with E-state index in [4.69, 9.17) is 4.74 Å². The van der Waals surface area contributed by atoms with Crippen LogP contribution < -0.4 is 0 Å². The second kappa shape index (κ2) is 3.78. The molecule has 0 aromatic heterocycles. The van der Waals surface area contributed by atoms with Gasteiger partial charge < -0.3 is 4.74 Å². The van der Waals surface area contributed by atoms with Crippen molar-refractivity contribution >= 4 is 11.6 Å². The predicted molar refractivity (Wildman–Crippen MR) is 67.0 cm³/mol. The minimum Gasteiger partial charge on any atom is -0.468 e. The fourth-order valence-electron chi connectivity index (χ4n) is 1.67. The lowest BCUT2D eigenvalue weighted by Crippen LogP contribution is -2.27. The lowest BCUT2D eigenvalue weighted by Gasteiger charge is -2.30. The minimum atomic E-state index is -0.0806. The average molecular weight is 215 g/mol. The van der Waals surface area contributed by atoms with Crippen molar-refractivity contribution in [2.45, 2.75) is 26.9 Å². The van der Waals surface area contributed by atoms with Gasteiger partial charge in [-0.1, -0.05) is 45.5 Å².